The molecule has 79 heavy (non-hydrogen) atoms. The van der Waals surface area contributed by atoms with Crippen LogP contribution in [0, 0.1) is 0 Å². The van der Waals surface area contributed by atoms with E-state index in [-0.39, 0.29) is 0 Å². The van der Waals surface area contributed by atoms with E-state index < -0.39 is 5.41 Å². The number of fused-ring (bicyclic) bond motifs is 12. The summed E-state index contributed by atoms with van der Waals surface area (Å²) in [6, 6.07) is 116. The van der Waals surface area contributed by atoms with Crippen LogP contribution in [0.15, 0.2) is 315 Å². The molecule has 15 rings (SSSR count). The molecule has 0 unspecified atom stereocenters. The van der Waals surface area contributed by atoms with Gasteiger partial charge in [-0.25, -0.2) is 0 Å². The molecule has 0 N–H and O–H groups in total. The van der Waals surface area contributed by atoms with Gasteiger partial charge in [-0.3, -0.25) is 0 Å². The van der Waals surface area contributed by atoms with Crippen molar-refractivity contribution in [2.45, 2.75) is 5.41 Å². The van der Waals surface area contributed by atoms with Crippen molar-refractivity contribution in [3.8, 4) is 66.8 Å². The third-order valence-electron chi connectivity index (χ3n) is 16.4. The van der Waals surface area contributed by atoms with Crippen molar-refractivity contribution in [3.05, 3.63) is 338 Å². The van der Waals surface area contributed by atoms with Gasteiger partial charge in [0.2, 0.25) is 0 Å². The second kappa shape index (κ2) is 19.1. The van der Waals surface area contributed by atoms with E-state index in [2.05, 4.69) is 325 Å². The van der Waals surface area contributed by atoms with Gasteiger partial charge < -0.3 is 9.80 Å². The van der Waals surface area contributed by atoms with Gasteiger partial charge in [0.1, 0.15) is 0 Å². The first kappa shape index (κ1) is 46.1. The highest BCUT2D eigenvalue weighted by Crippen LogP contribution is 2.65. The molecule has 2 nitrogen and oxygen atoms in total. The normalized spacial score (nSPS) is 12.4. The molecule has 13 aromatic rings. The molecular weight excluding hydrogens is 953 g/mol. The minimum Gasteiger partial charge on any atom is -0.310 e. The van der Waals surface area contributed by atoms with Crippen LogP contribution in [0.5, 0.6) is 0 Å². The maximum atomic E-state index is 2.56. The maximum Gasteiger partial charge on any atom is 0.0727 e. The largest absolute Gasteiger partial charge is 0.310 e. The molecule has 0 atom stereocenters. The fraction of sp³-hybridized carbons (Fsp3) is 0.0130. The summed E-state index contributed by atoms with van der Waals surface area (Å²) in [6.45, 7) is 0. The van der Waals surface area contributed by atoms with Crippen molar-refractivity contribution in [1.82, 2.24) is 0 Å². The van der Waals surface area contributed by atoms with Crippen LogP contribution in [-0.2, 0) is 5.41 Å². The number of hydrogen-bond donors (Lipinski definition) is 0. The predicted molar refractivity (Wildman–Crippen MR) is 331 cm³/mol. The number of anilines is 6. The number of benzene rings is 13. The summed E-state index contributed by atoms with van der Waals surface area (Å²) in [6.07, 6.45) is 0. The molecule has 370 valence electrons. The van der Waals surface area contributed by atoms with Gasteiger partial charge in [-0.05, 0) is 173 Å². The minimum absolute atomic E-state index is 0.681. The maximum absolute atomic E-state index is 2.56. The van der Waals surface area contributed by atoms with Gasteiger partial charge in [-0.2, -0.15) is 0 Å². The van der Waals surface area contributed by atoms with Gasteiger partial charge in [0, 0.05) is 33.8 Å². The molecule has 0 heterocycles. The molecule has 2 aliphatic carbocycles. The summed E-state index contributed by atoms with van der Waals surface area (Å²) in [5.74, 6) is 0. The Morgan fingerprint density at radius 2 is 0.582 bits per heavy atom. The summed E-state index contributed by atoms with van der Waals surface area (Å²) in [5.41, 5.74) is 25.4. The van der Waals surface area contributed by atoms with Gasteiger partial charge in [0.05, 0.1) is 11.1 Å². The first-order chi connectivity index (χ1) is 39.2. The molecule has 1 spiro atoms. The highest BCUT2D eigenvalue weighted by atomic mass is 15.1. The van der Waals surface area contributed by atoms with Crippen LogP contribution in [0.25, 0.3) is 77.5 Å². The molecule has 0 fully saturated rings. The number of rotatable bonds is 10. The minimum atomic E-state index is -0.681. The van der Waals surface area contributed by atoms with Crippen LogP contribution in [0.2, 0.25) is 0 Å². The van der Waals surface area contributed by atoms with Crippen molar-refractivity contribution in [1.29, 1.82) is 0 Å². The molecule has 0 saturated carbocycles. The Bertz CT molecular complexity index is 4240. The van der Waals surface area contributed by atoms with Crippen molar-refractivity contribution in [3.63, 3.8) is 0 Å². The average Bonchev–Trinajstić information content (AvgIpc) is 3.18. The SMILES string of the molecule is c1ccc(-c2cc(-c3ccccc3)cc(N(c3ccccc3)c3ccc4c(c3)C3(c5ccccc5-c5ccccc53)c3cc(N(c5ccccc5)c5cc(-c6ccccc6)cc(-c6ccccc6)c5)c5ccccc5c3-4)c2)cc1. The van der Waals surface area contributed by atoms with Gasteiger partial charge in [0.25, 0.3) is 0 Å². The lowest BCUT2D eigenvalue weighted by Crippen LogP contribution is -2.26. The Hall–Kier alpha value is -10.3. The lowest BCUT2D eigenvalue weighted by atomic mass is 9.70. The van der Waals surface area contributed by atoms with E-state index in [1.54, 1.807) is 0 Å². The first-order valence-electron chi connectivity index (χ1n) is 27.3. The highest BCUT2D eigenvalue weighted by Gasteiger charge is 2.53. The first-order valence-corrected chi connectivity index (χ1v) is 27.3. The Labute approximate surface area is 462 Å². The molecule has 0 aromatic heterocycles. The van der Waals surface area contributed by atoms with Crippen LogP contribution in [-0.4, -0.2) is 0 Å². The molecule has 0 amide bonds. The summed E-state index contributed by atoms with van der Waals surface area (Å²) in [7, 11) is 0. The lowest BCUT2D eigenvalue weighted by Gasteiger charge is -2.34. The number of hydrogen-bond acceptors (Lipinski definition) is 2. The Kier molecular flexibility index (Phi) is 11.1. The van der Waals surface area contributed by atoms with E-state index in [0.29, 0.717) is 0 Å². The van der Waals surface area contributed by atoms with Crippen molar-refractivity contribution in [2.75, 3.05) is 9.80 Å². The van der Waals surface area contributed by atoms with E-state index in [9.17, 15) is 0 Å². The molecule has 0 bridgehead atoms. The molecule has 0 radical (unpaired) electrons. The highest BCUT2D eigenvalue weighted by molar-refractivity contribution is 6.12. The lowest BCUT2D eigenvalue weighted by molar-refractivity contribution is 0.794. The average molecular weight is 1010 g/mol. The standard InChI is InChI=1S/C77H52N2/c1-7-25-53(26-8-1)57-45-58(54-27-9-2-10-28-54)48-64(47-57)78(61-33-15-5-16-34-61)63-43-44-70-73(51-63)77(71-41-23-21-37-66(71)67-38-22-24-42-72(67)77)74-52-75(68-39-19-20-40-69(68)76(70)74)79(62-35-17-6-18-36-62)65-49-59(55-29-11-3-12-30-55)46-60(50-65)56-31-13-4-14-32-56/h1-52H. The molecule has 2 heteroatoms. The summed E-state index contributed by atoms with van der Waals surface area (Å²) in [4.78, 5) is 4.98. The zero-order valence-corrected chi connectivity index (χ0v) is 43.4. The zero-order valence-electron chi connectivity index (χ0n) is 43.4. The third-order valence-corrected chi connectivity index (χ3v) is 16.4. The van der Waals surface area contributed by atoms with Crippen LogP contribution in [0.3, 0.4) is 0 Å². The Morgan fingerprint density at radius 1 is 0.203 bits per heavy atom. The molecule has 2 aliphatic rings. The van der Waals surface area contributed by atoms with E-state index in [1.165, 1.54) is 77.5 Å². The van der Waals surface area contributed by atoms with E-state index in [0.717, 1.165) is 56.4 Å². The van der Waals surface area contributed by atoms with Gasteiger partial charge in [-0.15, -0.1) is 0 Å². The molecular formula is C77H52N2. The fourth-order valence-corrected chi connectivity index (χ4v) is 13.0. The predicted octanol–water partition coefficient (Wildman–Crippen LogP) is 20.8. The van der Waals surface area contributed by atoms with Crippen LogP contribution < -0.4 is 9.80 Å². The quantitative estimate of drug-likeness (QED) is 0.135. The topological polar surface area (TPSA) is 6.48 Å². The van der Waals surface area contributed by atoms with E-state index >= 15 is 0 Å². The van der Waals surface area contributed by atoms with Gasteiger partial charge in [0.15, 0.2) is 0 Å². The monoisotopic (exact) mass is 1000 g/mol. The molecule has 13 aromatic carbocycles. The smallest absolute Gasteiger partial charge is 0.0727 e. The van der Waals surface area contributed by atoms with Crippen LogP contribution >= 0.6 is 0 Å². The van der Waals surface area contributed by atoms with E-state index in [1.807, 2.05) is 0 Å². The third kappa shape index (κ3) is 7.64. The molecule has 0 saturated heterocycles. The molecule has 0 aliphatic heterocycles. The van der Waals surface area contributed by atoms with Gasteiger partial charge in [-0.1, -0.05) is 237 Å². The van der Waals surface area contributed by atoms with Crippen LogP contribution in [0.1, 0.15) is 22.3 Å². The fourth-order valence-electron chi connectivity index (χ4n) is 13.0. The summed E-state index contributed by atoms with van der Waals surface area (Å²) in [5, 5.41) is 2.40. The van der Waals surface area contributed by atoms with Crippen molar-refractivity contribution < 1.29 is 0 Å². The van der Waals surface area contributed by atoms with Gasteiger partial charge >= 0.3 is 0 Å². The number of para-hydroxylation sites is 2. The Morgan fingerprint density at radius 3 is 1.05 bits per heavy atom. The van der Waals surface area contributed by atoms with Crippen molar-refractivity contribution >= 4 is 44.9 Å². The summed E-state index contributed by atoms with van der Waals surface area (Å²) < 4.78 is 0. The van der Waals surface area contributed by atoms with Crippen molar-refractivity contribution in [2.24, 2.45) is 0 Å². The number of nitrogens with zero attached hydrogens (tertiary/aromatic N) is 2. The van der Waals surface area contributed by atoms with Crippen LogP contribution in [0.4, 0.5) is 34.1 Å². The Balaban J connectivity index is 1.02. The zero-order chi connectivity index (χ0) is 52.3. The summed E-state index contributed by atoms with van der Waals surface area (Å²) >= 11 is 0. The second-order valence-corrected chi connectivity index (χ2v) is 20.8. The second-order valence-electron chi connectivity index (χ2n) is 20.8. The van der Waals surface area contributed by atoms with E-state index in [4.69, 9.17) is 0 Å².